The molecule has 86 valence electrons. The number of thioether (sulfide) groups is 1. The highest BCUT2D eigenvalue weighted by atomic mass is 35.5. The van der Waals surface area contributed by atoms with Gasteiger partial charge in [0, 0.05) is 13.1 Å². The number of halogens is 1. The van der Waals surface area contributed by atoms with Gasteiger partial charge >= 0.3 is 0 Å². The smallest absolute Gasteiger partial charge is 0.224 e. The molecule has 2 aliphatic rings. The van der Waals surface area contributed by atoms with E-state index in [4.69, 9.17) is 11.6 Å². The van der Waals surface area contributed by atoms with E-state index in [0.29, 0.717) is 5.28 Å². The third kappa shape index (κ3) is 1.89. The fourth-order valence-electron chi connectivity index (χ4n) is 2.33. The lowest BCUT2D eigenvalue weighted by atomic mass is 10.2. The maximum atomic E-state index is 6.00. The summed E-state index contributed by atoms with van der Waals surface area (Å²) in [5.74, 6) is 2.26. The Morgan fingerprint density at radius 2 is 1.94 bits per heavy atom. The van der Waals surface area contributed by atoms with Gasteiger partial charge < -0.3 is 4.90 Å². The average molecular weight is 256 g/mol. The van der Waals surface area contributed by atoms with Gasteiger partial charge in [-0.15, -0.1) is 11.8 Å². The molecule has 1 saturated heterocycles. The molecule has 0 spiro atoms. The topological polar surface area (TPSA) is 29.0 Å². The van der Waals surface area contributed by atoms with Crippen LogP contribution in [0.4, 0.5) is 5.82 Å². The summed E-state index contributed by atoms with van der Waals surface area (Å²) in [6.45, 7) is 2.22. The summed E-state index contributed by atoms with van der Waals surface area (Å²) >= 11 is 7.89. The van der Waals surface area contributed by atoms with Crippen LogP contribution < -0.4 is 4.90 Å². The van der Waals surface area contributed by atoms with Gasteiger partial charge in [-0.05, 0) is 43.0 Å². The molecule has 0 saturated carbocycles. The van der Waals surface area contributed by atoms with Crippen molar-refractivity contribution < 1.29 is 0 Å². The van der Waals surface area contributed by atoms with Crippen molar-refractivity contribution in [1.29, 1.82) is 0 Å². The van der Waals surface area contributed by atoms with Crippen LogP contribution in [0.1, 0.15) is 25.0 Å². The molecule has 3 heterocycles. The van der Waals surface area contributed by atoms with Crippen LogP contribution in [0.2, 0.25) is 5.28 Å². The van der Waals surface area contributed by atoms with Crippen LogP contribution in [0.5, 0.6) is 0 Å². The van der Waals surface area contributed by atoms with Gasteiger partial charge in [0.05, 0.1) is 10.6 Å². The van der Waals surface area contributed by atoms with Gasteiger partial charge in [-0.2, -0.15) is 4.98 Å². The van der Waals surface area contributed by atoms with Crippen LogP contribution in [-0.2, 0) is 6.42 Å². The van der Waals surface area contributed by atoms with Crippen LogP contribution in [0.3, 0.4) is 0 Å². The fourth-order valence-corrected chi connectivity index (χ4v) is 3.62. The van der Waals surface area contributed by atoms with Crippen molar-refractivity contribution >= 4 is 29.2 Å². The van der Waals surface area contributed by atoms with Crippen LogP contribution in [-0.4, -0.2) is 28.8 Å². The van der Waals surface area contributed by atoms with Gasteiger partial charge in [0.15, 0.2) is 0 Å². The Morgan fingerprint density at radius 1 is 1.12 bits per heavy atom. The lowest BCUT2D eigenvalue weighted by Crippen LogP contribution is -2.22. The number of aryl methyl sites for hydroxylation is 1. The first-order valence-electron chi connectivity index (χ1n) is 5.79. The van der Waals surface area contributed by atoms with Gasteiger partial charge in [-0.1, -0.05) is 0 Å². The molecule has 16 heavy (non-hydrogen) atoms. The lowest BCUT2D eigenvalue weighted by Gasteiger charge is -2.23. The van der Waals surface area contributed by atoms with Crippen LogP contribution in [0, 0.1) is 0 Å². The van der Waals surface area contributed by atoms with Crippen molar-refractivity contribution in [3.63, 3.8) is 0 Å². The van der Waals surface area contributed by atoms with Crippen molar-refractivity contribution in [1.82, 2.24) is 9.97 Å². The molecule has 5 heteroatoms. The van der Waals surface area contributed by atoms with E-state index in [-0.39, 0.29) is 0 Å². The molecule has 0 aliphatic carbocycles. The van der Waals surface area contributed by atoms with E-state index in [1.807, 2.05) is 11.8 Å². The summed E-state index contributed by atoms with van der Waals surface area (Å²) in [6.07, 6.45) is 4.78. The molecular formula is C11H14ClN3S. The highest BCUT2D eigenvalue weighted by Crippen LogP contribution is 2.37. The van der Waals surface area contributed by atoms with Gasteiger partial charge in [0.2, 0.25) is 5.28 Å². The molecule has 1 fully saturated rings. The zero-order valence-corrected chi connectivity index (χ0v) is 10.7. The monoisotopic (exact) mass is 255 g/mol. The molecule has 0 amide bonds. The van der Waals surface area contributed by atoms with E-state index in [2.05, 4.69) is 14.9 Å². The summed E-state index contributed by atoms with van der Waals surface area (Å²) in [5, 5.41) is 0.406. The molecule has 3 rings (SSSR count). The number of nitrogens with zero attached hydrogens (tertiary/aromatic N) is 3. The molecule has 0 N–H and O–H groups in total. The zero-order valence-electron chi connectivity index (χ0n) is 9.08. The zero-order chi connectivity index (χ0) is 11.0. The Balaban J connectivity index is 2.04. The number of hydrogen-bond donors (Lipinski definition) is 0. The van der Waals surface area contributed by atoms with E-state index in [9.17, 15) is 0 Å². The van der Waals surface area contributed by atoms with Crippen molar-refractivity contribution in [3.8, 4) is 0 Å². The first-order valence-corrected chi connectivity index (χ1v) is 7.15. The molecule has 1 aromatic heterocycles. The standard InChI is InChI=1S/C11H14ClN3S/c12-11-13-8-4-3-7-16-9(8)10(14-11)15-5-1-2-6-15/h1-7H2. The van der Waals surface area contributed by atoms with Crippen LogP contribution >= 0.6 is 23.4 Å². The highest BCUT2D eigenvalue weighted by molar-refractivity contribution is 7.99. The first kappa shape index (κ1) is 10.7. The van der Waals surface area contributed by atoms with Crippen molar-refractivity contribution in [3.05, 3.63) is 11.0 Å². The van der Waals surface area contributed by atoms with Crippen molar-refractivity contribution in [2.75, 3.05) is 23.7 Å². The SMILES string of the molecule is Clc1nc2c(c(N3CCCC3)n1)SCCC2. The fraction of sp³-hybridized carbons (Fsp3) is 0.636. The highest BCUT2D eigenvalue weighted by Gasteiger charge is 2.23. The molecule has 0 bridgehead atoms. The van der Waals surface area contributed by atoms with Crippen molar-refractivity contribution in [2.24, 2.45) is 0 Å². The Labute approximate surface area is 105 Å². The van der Waals surface area contributed by atoms with E-state index >= 15 is 0 Å². The summed E-state index contributed by atoms with van der Waals surface area (Å²) in [6, 6.07) is 0. The Kier molecular flexibility index (Phi) is 2.94. The second-order valence-electron chi connectivity index (χ2n) is 4.24. The minimum atomic E-state index is 0.406. The predicted molar refractivity (Wildman–Crippen MR) is 67.5 cm³/mol. The van der Waals surface area contributed by atoms with Gasteiger partial charge in [-0.25, -0.2) is 4.98 Å². The predicted octanol–water partition coefficient (Wildman–Crippen LogP) is 2.77. The molecule has 0 aromatic carbocycles. The minimum Gasteiger partial charge on any atom is -0.356 e. The van der Waals surface area contributed by atoms with Gasteiger partial charge in [0.1, 0.15) is 5.82 Å². The third-order valence-corrected chi connectivity index (χ3v) is 4.47. The maximum Gasteiger partial charge on any atom is 0.224 e. The molecule has 1 aromatic rings. The van der Waals surface area contributed by atoms with Gasteiger partial charge in [-0.3, -0.25) is 0 Å². The molecular weight excluding hydrogens is 242 g/mol. The second kappa shape index (κ2) is 4.41. The van der Waals surface area contributed by atoms with Crippen LogP contribution in [0.15, 0.2) is 4.90 Å². The minimum absolute atomic E-state index is 0.406. The quantitative estimate of drug-likeness (QED) is 0.722. The average Bonchev–Trinajstić information content (AvgIpc) is 2.81. The number of fused-ring (bicyclic) bond motifs is 1. The third-order valence-electron chi connectivity index (χ3n) is 3.10. The normalized spacial score (nSPS) is 19.9. The van der Waals surface area contributed by atoms with Crippen LogP contribution in [0.25, 0.3) is 0 Å². The van der Waals surface area contributed by atoms with E-state index in [1.54, 1.807) is 0 Å². The Bertz CT molecular complexity index is 404. The summed E-state index contributed by atoms with van der Waals surface area (Å²) < 4.78 is 0. The van der Waals surface area contributed by atoms with Gasteiger partial charge in [0.25, 0.3) is 0 Å². The maximum absolute atomic E-state index is 6.00. The summed E-state index contributed by atoms with van der Waals surface area (Å²) in [7, 11) is 0. The lowest BCUT2D eigenvalue weighted by molar-refractivity contribution is 0.806. The van der Waals surface area contributed by atoms with E-state index in [1.165, 1.54) is 29.9 Å². The molecule has 0 unspecified atom stereocenters. The Morgan fingerprint density at radius 3 is 2.75 bits per heavy atom. The first-order chi connectivity index (χ1) is 7.84. The molecule has 2 aliphatic heterocycles. The van der Waals surface area contributed by atoms with E-state index in [0.717, 1.165) is 31.0 Å². The Hall–Kier alpha value is -0.480. The number of rotatable bonds is 1. The molecule has 0 radical (unpaired) electrons. The molecule has 3 nitrogen and oxygen atoms in total. The summed E-state index contributed by atoms with van der Waals surface area (Å²) in [5.41, 5.74) is 1.15. The largest absolute Gasteiger partial charge is 0.356 e. The number of anilines is 1. The number of hydrogen-bond acceptors (Lipinski definition) is 4. The number of aromatic nitrogens is 2. The summed E-state index contributed by atoms with van der Waals surface area (Å²) in [4.78, 5) is 12.4. The second-order valence-corrected chi connectivity index (χ2v) is 5.68. The van der Waals surface area contributed by atoms with Crippen molar-refractivity contribution in [2.45, 2.75) is 30.6 Å². The van der Waals surface area contributed by atoms with E-state index < -0.39 is 0 Å². The molecule has 0 atom stereocenters.